The third-order valence-corrected chi connectivity index (χ3v) is 3.80. The molecule has 6 nitrogen and oxygen atoms in total. The molecule has 0 bridgehead atoms. The summed E-state index contributed by atoms with van der Waals surface area (Å²) < 4.78 is 51.6. The Morgan fingerprint density at radius 2 is 1.96 bits per heavy atom. The van der Waals surface area contributed by atoms with E-state index in [1.165, 1.54) is 6.07 Å². The molecule has 0 fully saturated rings. The number of aromatic amines is 1. The van der Waals surface area contributed by atoms with Crippen molar-refractivity contribution in [3.8, 4) is 11.4 Å². The number of carbonyl (C=O) groups is 1. The molecular weight excluding hydrogens is 402 g/mol. The molecule has 0 aliphatic heterocycles. The van der Waals surface area contributed by atoms with Crippen LogP contribution in [0.4, 0.5) is 23.2 Å². The molecule has 0 saturated carbocycles. The second-order valence-electron chi connectivity index (χ2n) is 5.50. The van der Waals surface area contributed by atoms with Crippen molar-refractivity contribution in [1.29, 1.82) is 0 Å². The maximum atomic E-state index is 13.3. The Balaban J connectivity index is 1.81. The third-order valence-electron chi connectivity index (χ3n) is 3.56. The van der Waals surface area contributed by atoms with Crippen LogP contribution in [0.2, 0.25) is 5.02 Å². The van der Waals surface area contributed by atoms with Crippen LogP contribution in [0, 0.1) is 5.82 Å². The molecule has 2 aromatic carbocycles. The minimum atomic E-state index is -4.84. The van der Waals surface area contributed by atoms with Crippen LogP contribution in [0.1, 0.15) is 11.1 Å². The quantitative estimate of drug-likeness (QED) is 0.494. The van der Waals surface area contributed by atoms with Gasteiger partial charge in [-0.3, -0.25) is 4.79 Å². The van der Waals surface area contributed by atoms with Gasteiger partial charge in [-0.25, -0.2) is 9.49 Å². The van der Waals surface area contributed by atoms with Gasteiger partial charge in [-0.2, -0.15) is 13.2 Å². The maximum Gasteiger partial charge on any atom is 0.419 e. The first-order chi connectivity index (χ1) is 13.2. The molecule has 0 aliphatic carbocycles. The maximum absolute atomic E-state index is 13.3. The van der Waals surface area contributed by atoms with Gasteiger partial charge in [0.15, 0.2) is 5.82 Å². The van der Waals surface area contributed by atoms with E-state index in [2.05, 4.69) is 25.9 Å². The highest BCUT2D eigenvalue weighted by atomic mass is 35.5. The highest BCUT2D eigenvalue weighted by Gasteiger charge is 2.34. The zero-order valence-electron chi connectivity index (χ0n) is 13.8. The minimum Gasteiger partial charge on any atom is -0.322 e. The van der Waals surface area contributed by atoms with Crippen molar-refractivity contribution in [1.82, 2.24) is 20.6 Å². The molecule has 1 heterocycles. The number of amides is 1. The lowest BCUT2D eigenvalue weighted by atomic mass is 10.1. The molecule has 3 aromatic rings. The summed E-state index contributed by atoms with van der Waals surface area (Å²) in [6.45, 7) is 0. The van der Waals surface area contributed by atoms with Crippen molar-refractivity contribution in [3.63, 3.8) is 0 Å². The zero-order chi connectivity index (χ0) is 20.3. The van der Waals surface area contributed by atoms with E-state index in [-0.39, 0.29) is 17.1 Å². The predicted molar refractivity (Wildman–Crippen MR) is 93.7 cm³/mol. The summed E-state index contributed by atoms with van der Waals surface area (Å²) in [4.78, 5) is 12.2. The van der Waals surface area contributed by atoms with Gasteiger partial charge in [0.25, 0.3) is 0 Å². The number of nitrogens with one attached hydrogen (secondary N) is 2. The Morgan fingerprint density at radius 3 is 2.64 bits per heavy atom. The number of H-pyrrole nitrogens is 1. The number of rotatable bonds is 4. The molecule has 0 atom stereocenters. The Bertz CT molecular complexity index is 1030. The summed E-state index contributed by atoms with van der Waals surface area (Å²) in [6, 6.07) is 7.04. The first-order valence-electron chi connectivity index (χ1n) is 7.63. The number of hydrogen-bond donors (Lipinski definition) is 2. The van der Waals surface area contributed by atoms with E-state index in [0.717, 1.165) is 18.2 Å². The van der Waals surface area contributed by atoms with E-state index < -0.39 is 23.5 Å². The van der Waals surface area contributed by atoms with E-state index in [1.807, 2.05) is 0 Å². The summed E-state index contributed by atoms with van der Waals surface area (Å²) in [5, 5.41) is 16.1. The fourth-order valence-electron chi connectivity index (χ4n) is 2.31. The van der Waals surface area contributed by atoms with Gasteiger partial charge in [0.1, 0.15) is 5.82 Å². The number of benzene rings is 2. The fourth-order valence-corrected chi connectivity index (χ4v) is 2.48. The number of tetrazole rings is 1. The van der Waals surface area contributed by atoms with Crippen LogP contribution < -0.4 is 5.32 Å². The van der Waals surface area contributed by atoms with Gasteiger partial charge in [-0.15, -0.1) is 5.10 Å². The largest absolute Gasteiger partial charge is 0.419 e. The van der Waals surface area contributed by atoms with Gasteiger partial charge in [0.05, 0.1) is 11.3 Å². The Hall–Kier alpha value is -3.27. The van der Waals surface area contributed by atoms with Crippen LogP contribution in [-0.4, -0.2) is 26.5 Å². The van der Waals surface area contributed by atoms with Crippen molar-refractivity contribution in [2.75, 3.05) is 5.32 Å². The number of aromatic nitrogens is 4. The van der Waals surface area contributed by atoms with Gasteiger partial charge in [0, 0.05) is 16.7 Å². The van der Waals surface area contributed by atoms with Crippen LogP contribution in [0.15, 0.2) is 42.5 Å². The molecule has 0 radical (unpaired) electrons. The van der Waals surface area contributed by atoms with Crippen molar-refractivity contribution >= 4 is 29.3 Å². The van der Waals surface area contributed by atoms with Crippen LogP contribution in [0.25, 0.3) is 17.5 Å². The highest BCUT2D eigenvalue weighted by molar-refractivity contribution is 6.31. The molecule has 1 aromatic heterocycles. The van der Waals surface area contributed by atoms with Crippen LogP contribution in [0.3, 0.4) is 0 Å². The second-order valence-corrected chi connectivity index (χ2v) is 5.94. The molecule has 0 aliphatic rings. The molecule has 144 valence electrons. The SMILES string of the molecule is O=C(C=Cc1ccc(F)c(C(F)(F)F)c1)Nc1cc(Cl)ccc1-c1nnn[nH]1. The molecule has 0 unspecified atom stereocenters. The monoisotopic (exact) mass is 411 g/mol. The number of hydrogen-bond acceptors (Lipinski definition) is 4. The molecule has 1 amide bonds. The van der Waals surface area contributed by atoms with Crippen molar-refractivity contribution < 1.29 is 22.4 Å². The number of carbonyl (C=O) groups excluding carboxylic acids is 1. The number of alkyl halides is 3. The van der Waals surface area contributed by atoms with E-state index in [9.17, 15) is 22.4 Å². The Morgan fingerprint density at radius 1 is 1.18 bits per heavy atom. The predicted octanol–water partition coefficient (Wildman–Crippen LogP) is 4.33. The van der Waals surface area contributed by atoms with E-state index in [4.69, 9.17) is 11.6 Å². The molecule has 0 spiro atoms. The lowest BCUT2D eigenvalue weighted by molar-refractivity contribution is -0.140. The van der Waals surface area contributed by atoms with E-state index in [0.29, 0.717) is 22.7 Å². The molecular formula is C17H10ClF4N5O. The van der Waals surface area contributed by atoms with Gasteiger partial charge in [-0.05, 0) is 52.4 Å². The second kappa shape index (κ2) is 7.77. The molecule has 3 rings (SSSR count). The first kappa shape index (κ1) is 19.5. The van der Waals surface area contributed by atoms with Gasteiger partial charge >= 0.3 is 6.18 Å². The van der Waals surface area contributed by atoms with Crippen molar-refractivity contribution in [2.24, 2.45) is 0 Å². The van der Waals surface area contributed by atoms with Crippen LogP contribution in [-0.2, 0) is 11.0 Å². The summed E-state index contributed by atoms with van der Waals surface area (Å²) in [7, 11) is 0. The zero-order valence-corrected chi connectivity index (χ0v) is 14.5. The smallest absolute Gasteiger partial charge is 0.322 e. The number of halogens is 5. The highest BCUT2D eigenvalue weighted by Crippen LogP contribution is 2.32. The lowest BCUT2D eigenvalue weighted by Gasteiger charge is -2.09. The Labute approximate surface area is 160 Å². The molecule has 0 saturated heterocycles. The average Bonchev–Trinajstić information content (AvgIpc) is 3.14. The molecule has 2 N–H and O–H groups in total. The number of anilines is 1. The summed E-state index contributed by atoms with van der Waals surface area (Å²) in [5.74, 6) is -1.75. The lowest BCUT2D eigenvalue weighted by Crippen LogP contribution is -2.09. The number of nitrogens with zero attached hydrogens (tertiary/aromatic N) is 3. The van der Waals surface area contributed by atoms with Crippen molar-refractivity contribution in [3.05, 3.63) is 64.4 Å². The first-order valence-corrected chi connectivity index (χ1v) is 8.01. The summed E-state index contributed by atoms with van der Waals surface area (Å²) >= 11 is 5.94. The van der Waals surface area contributed by atoms with Gasteiger partial charge in [0.2, 0.25) is 5.91 Å². The van der Waals surface area contributed by atoms with E-state index in [1.54, 1.807) is 12.1 Å². The molecule has 28 heavy (non-hydrogen) atoms. The third kappa shape index (κ3) is 4.52. The fraction of sp³-hybridized carbons (Fsp3) is 0.0588. The van der Waals surface area contributed by atoms with Crippen LogP contribution >= 0.6 is 11.6 Å². The van der Waals surface area contributed by atoms with Gasteiger partial charge in [-0.1, -0.05) is 17.7 Å². The standard InChI is InChI=1S/C17H10ClF4N5O/c18-10-3-4-11(16-24-26-27-25-16)14(8-10)23-15(28)6-2-9-1-5-13(19)12(7-9)17(20,21)22/h1-8H,(H,23,28)(H,24,25,26,27). The van der Waals surface area contributed by atoms with Crippen molar-refractivity contribution in [2.45, 2.75) is 6.18 Å². The summed E-state index contributed by atoms with van der Waals surface area (Å²) in [6.07, 6.45) is -2.70. The average molecular weight is 412 g/mol. The van der Waals surface area contributed by atoms with E-state index >= 15 is 0 Å². The minimum absolute atomic E-state index is 0.00891. The van der Waals surface area contributed by atoms with Crippen LogP contribution in [0.5, 0.6) is 0 Å². The normalized spacial score (nSPS) is 11.8. The Kier molecular flexibility index (Phi) is 5.41. The van der Waals surface area contributed by atoms with Gasteiger partial charge < -0.3 is 5.32 Å². The topological polar surface area (TPSA) is 83.6 Å². The molecule has 11 heteroatoms. The summed E-state index contributed by atoms with van der Waals surface area (Å²) in [5.41, 5.74) is -0.660.